The number of aliphatic hydroxyl groups is 1. The molecule has 0 radical (unpaired) electrons. The van der Waals surface area contributed by atoms with E-state index in [0.29, 0.717) is 5.56 Å². The van der Waals surface area contributed by atoms with E-state index in [1.54, 1.807) is 18.2 Å². The molecule has 0 bridgehead atoms. The smallest absolute Gasteiger partial charge is 0.172 e. The van der Waals surface area contributed by atoms with Gasteiger partial charge in [0.25, 0.3) is 0 Å². The molecule has 0 saturated heterocycles. The summed E-state index contributed by atoms with van der Waals surface area (Å²) in [6.07, 6.45) is 2.14. The SMILES string of the molecule is COc1cccc(-c2cccc3c2CCCC3O)c1F. The molecule has 20 heavy (non-hydrogen) atoms. The first-order valence-electron chi connectivity index (χ1n) is 6.85. The average Bonchev–Trinajstić information content (AvgIpc) is 2.48. The first-order valence-corrected chi connectivity index (χ1v) is 6.85. The first kappa shape index (κ1) is 13.1. The number of ether oxygens (including phenoxy) is 1. The Hall–Kier alpha value is -1.87. The molecule has 1 aliphatic rings. The third-order valence-electron chi connectivity index (χ3n) is 3.95. The summed E-state index contributed by atoms with van der Waals surface area (Å²) in [7, 11) is 1.46. The van der Waals surface area contributed by atoms with E-state index in [0.717, 1.165) is 36.0 Å². The van der Waals surface area contributed by atoms with E-state index < -0.39 is 6.10 Å². The predicted octanol–water partition coefficient (Wildman–Crippen LogP) is 3.87. The zero-order valence-corrected chi connectivity index (χ0v) is 11.4. The van der Waals surface area contributed by atoms with Gasteiger partial charge in [-0.05, 0) is 42.0 Å². The van der Waals surface area contributed by atoms with Gasteiger partial charge in [0, 0.05) is 5.56 Å². The number of fused-ring (bicyclic) bond motifs is 1. The van der Waals surface area contributed by atoms with Crippen molar-refractivity contribution in [3.8, 4) is 16.9 Å². The number of halogens is 1. The Balaban J connectivity index is 2.19. The van der Waals surface area contributed by atoms with Crippen LogP contribution >= 0.6 is 0 Å². The highest BCUT2D eigenvalue weighted by molar-refractivity contribution is 5.71. The van der Waals surface area contributed by atoms with E-state index in [1.165, 1.54) is 7.11 Å². The van der Waals surface area contributed by atoms with Gasteiger partial charge in [-0.25, -0.2) is 4.39 Å². The van der Waals surface area contributed by atoms with E-state index in [2.05, 4.69) is 0 Å². The second-order valence-corrected chi connectivity index (χ2v) is 5.10. The maximum Gasteiger partial charge on any atom is 0.172 e. The van der Waals surface area contributed by atoms with Crippen molar-refractivity contribution in [2.45, 2.75) is 25.4 Å². The lowest BCUT2D eigenvalue weighted by Crippen LogP contribution is -2.10. The van der Waals surface area contributed by atoms with E-state index in [4.69, 9.17) is 4.74 Å². The topological polar surface area (TPSA) is 29.5 Å². The van der Waals surface area contributed by atoms with Crippen LogP contribution in [-0.4, -0.2) is 12.2 Å². The Labute approximate surface area is 117 Å². The van der Waals surface area contributed by atoms with Crippen molar-refractivity contribution in [1.82, 2.24) is 0 Å². The molecule has 0 aliphatic heterocycles. The molecule has 1 aliphatic carbocycles. The summed E-state index contributed by atoms with van der Waals surface area (Å²) in [5.74, 6) is -0.0973. The number of rotatable bonds is 2. The molecule has 0 heterocycles. The van der Waals surface area contributed by atoms with Gasteiger partial charge >= 0.3 is 0 Å². The lowest BCUT2D eigenvalue weighted by Gasteiger charge is -2.24. The lowest BCUT2D eigenvalue weighted by atomic mass is 9.84. The quantitative estimate of drug-likeness (QED) is 0.899. The second kappa shape index (κ2) is 5.25. The van der Waals surface area contributed by atoms with Crippen LogP contribution in [0.3, 0.4) is 0 Å². The fraction of sp³-hybridized carbons (Fsp3) is 0.294. The zero-order chi connectivity index (χ0) is 14.1. The molecule has 0 spiro atoms. The van der Waals surface area contributed by atoms with Gasteiger partial charge in [-0.3, -0.25) is 0 Å². The molecule has 0 saturated carbocycles. The molecule has 0 amide bonds. The van der Waals surface area contributed by atoms with Gasteiger partial charge in [0.1, 0.15) is 0 Å². The molecule has 3 heteroatoms. The molecule has 2 aromatic rings. The molecule has 1 N–H and O–H groups in total. The van der Waals surface area contributed by atoms with E-state index in [-0.39, 0.29) is 11.6 Å². The molecule has 0 fully saturated rings. The third kappa shape index (κ3) is 2.08. The number of hydrogen-bond donors (Lipinski definition) is 1. The Bertz CT molecular complexity index is 637. The van der Waals surface area contributed by atoms with Crippen LogP contribution in [0.25, 0.3) is 11.1 Å². The van der Waals surface area contributed by atoms with Crippen molar-refractivity contribution in [2.75, 3.05) is 7.11 Å². The Morgan fingerprint density at radius 3 is 2.70 bits per heavy atom. The Morgan fingerprint density at radius 1 is 1.15 bits per heavy atom. The number of aliphatic hydroxyl groups excluding tert-OH is 1. The van der Waals surface area contributed by atoms with Crippen LogP contribution in [0.15, 0.2) is 36.4 Å². The fourth-order valence-corrected chi connectivity index (χ4v) is 2.95. The van der Waals surface area contributed by atoms with Crippen molar-refractivity contribution in [3.63, 3.8) is 0 Å². The summed E-state index contributed by atoms with van der Waals surface area (Å²) in [6, 6.07) is 10.9. The summed E-state index contributed by atoms with van der Waals surface area (Å²) >= 11 is 0. The Kier molecular flexibility index (Phi) is 3.45. The minimum absolute atomic E-state index is 0.247. The van der Waals surface area contributed by atoms with Gasteiger partial charge in [0.15, 0.2) is 11.6 Å². The van der Waals surface area contributed by atoms with Gasteiger partial charge < -0.3 is 9.84 Å². The Morgan fingerprint density at radius 2 is 1.90 bits per heavy atom. The highest BCUT2D eigenvalue weighted by Crippen LogP contribution is 2.38. The normalized spacial score (nSPS) is 17.6. The largest absolute Gasteiger partial charge is 0.494 e. The molecular formula is C17H17FO2. The van der Waals surface area contributed by atoms with Crippen LogP contribution in [-0.2, 0) is 6.42 Å². The summed E-state index contributed by atoms with van der Waals surface area (Å²) in [4.78, 5) is 0. The fourth-order valence-electron chi connectivity index (χ4n) is 2.95. The van der Waals surface area contributed by atoms with Crippen molar-refractivity contribution >= 4 is 0 Å². The lowest BCUT2D eigenvalue weighted by molar-refractivity contribution is 0.156. The maximum atomic E-state index is 14.4. The highest BCUT2D eigenvalue weighted by Gasteiger charge is 2.22. The van der Waals surface area contributed by atoms with E-state index in [1.807, 2.05) is 18.2 Å². The van der Waals surface area contributed by atoms with Crippen LogP contribution in [0.4, 0.5) is 4.39 Å². The molecule has 2 aromatic carbocycles. The van der Waals surface area contributed by atoms with Crippen molar-refractivity contribution in [2.24, 2.45) is 0 Å². The molecule has 2 nitrogen and oxygen atoms in total. The summed E-state index contributed by atoms with van der Waals surface area (Å²) < 4.78 is 19.5. The van der Waals surface area contributed by atoms with Crippen LogP contribution in [0, 0.1) is 5.82 Å². The zero-order valence-electron chi connectivity index (χ0n) is 11.4. The number of methoxy groups -OCH3 is 1. The van der Waals surface area contributed by atoms with Gasteiger partial charge in [0.05, 0.1) is 13.2 Å². The number of hydrogen-bond acceptors (Lipinski definition) is 2. The summed E-state index contributed by atoms with van der Waals surface area (Å²) in [6.45, 7) is 0. The predicted molar refractivity (Wildman–Crippen MR) is 76.3 cm³/mol. The van der Waals surface area contributed by atoms with Crippen LogP contribution in [0.2, 0.25) is 0 Å². The van der Waals surface area contributed by atoms with Crippen molar-refractivity contribution < 1.29 is 14.2 Å². The molecule has 3 rings (SSSR count). The first-order chi connectivity index (χ1) is 9.72. The molecule has 104 valence electrons. The summed E-state index contributed by atoms with van der Waals surface area (Å²) in [5.41, 5.74) is 3.38. The van der Waals surface area contributed by atoms with Crippen LogP contribution in [0.5, 0.6) is 5.75 Å². The standard InChI is InChI=1S/C17H17FO2/c1-20-16-10-4-8-14(17(16)18)12-5-2-7-13-11(12)6-3-9-15(13)19/h2,4-5,7-8,10,15,19H,3,6,9H2,1H3. The molecular weight excluding hydrogens is 255 g/mol. The molecule has 0 aromatic heterocycles. The average molecular weight is 272 g/mol. The molecule has 1 unspecified atom stereocenters. The van der Waals surface area contributed by atoms with E-state index >= 15 is 0 Å². The van der Waals surface area contributed by atoms with Crippen LogP contribution < -0.4 is 4.74 Å². The highest BCUT2D eigenvalue weighted by atomic mass is 19.1. The van der Waals surface area contributed by atoms with Crippen molar-refractivity contribution in [3.05, 3.63) is 53.3 Å². The summed E-state index contributed by atoms with van der Waals surface area (Å²) in [5, 5.41) is 10.1. The molecule has 1 atom stereocenters. The third-order valence-corrected chi connectivity index (χ3v) is 3.95. The van der Waals surface area contributed by atoms with Crippen molar-refractivity contribution in [1.29, 1.82) is 0 Å². The second-order valence-electron chi connectivity index (χ2n) is 5.10. The number of benzene rings is 2. The van der Waals surface area contributed by atoms with Gasteiger partial charge in [-0.1, -0.05) is 30.3 Å². The monoisotopic (exact) mass is 272 g/mol. The van der Waals surface area contributed by atoms with Gasteiger partial charge in [-0.15, -0.1) is 0 Å². The van der Waals surface area contributed by atoms with E-state index in [9.17, 15) is 9.50 Å². The van der Waals surface area contributed by atoms with Gasteiger partial charge in [0.2, 0.25) is 0 Å². The minimum Gasteiger partial charge on any atom is -0.494 e. The maximum absolute atomic E-state index is 14.4. The van der Waals surface area contributed by atoms with Crippen LogP contribution in [0.1, 0.15) is 30.1 Å². The van der Waals surface area contributed by atoms with Gasteiger partial charge in [-0.2, -0.15) is 0 Å². The minimum atomic E-state index is -0.438.